The molecule has 6 heteroatoms. The highest BCUT2D eigenvalue weighted by Gasteiger charge is 2.36. The summed E-state index contributed by atoms with van der Waals surface area (Å²) >= 11 is 6.11. The summed E-state index contributed by atoms with van der Waals surface area (Å²) in [6.45, 7) is 5.58. The van der Waals surface area contributed by atoms with E-state index in [0.29, 0.717) is 17.5 Å². The van der Waals surface area contributed by atoms with Gasteiger partial charge in [-0.25, -0.2) is 13.1 Å². The normalized spacial score (nSPS) is 21.9. The van der Waals surface area contributed by atoms with Gasteiger partial charge in [0.2, 0.25) is 10.0 Å². The Hall–Kier alpha value is -0.620. The van der Waals surface area contributed by atoms with E-state index in [1.165, 1.54) is 0 Å². The van der Waals surface area contributed by atoms with Crippen LogP contribution in [0.3, 0.4) is 0 Å². The quantitative estimate of drug-likeness (QED) is 0.760. The molecule has 1 aromatic carbocycles. The van der Waals surface area contributed by atoms with E-state index in [4.69, 9.17) is 11.6 Å². The molecule has 0 bridgehead atoms. The van der Waals surface area contributed by atoms with Gasteiger partial charge < -0.3 is 5.32 Å². The van der Waals surface area contributed by atoms with Crippen molar-refractivity contribution >= 4 is 21.6 Å². The minimum absolute atomic E-state index is 0.0809. The largest absolute Gasteiger partial charge is 0.313 e. The lowest BCUT2D eigenvalue weighted by molar-refractivity contribution is 0.578. The zero-order valence-electron chi connectivity index (χ0n) is 11.8. The molecule has 1 aliphatic rings. The molecule has 0 saturated heterocycles. The van der Waals surface area contributed by atoms with Crippen LogP contribution in [-0.2, 0) is 16.6 Å². The van der Waals surface area contributed by atoms with Crippen LogP contribution in [0.2, 0.25) is 5.02 Å². The molecule has 0 radical (unpaired) electrons. The molecule has 2 atom stereocenters. The molecule has 1 aromatic rings. The van der Waals surface area contributed by atoms with Crippen LogP contribution < -0.4 is 10.0 Å². The van der Waals surface area contributed by atoms with Crippen LogP contribution in [-0.4, -0.2) is 21.0 Å². The van der Waals surface area contributed by atoms with Gasteiger partial charge in [0, 0.05) is 17.6 Å². The zero-order valence-corrected chi connectivity index (χ0v) is 13.4. The van der Waals surface area contributed by atoms with Crippen LogP contribution in [0.4, 0.5) is 0 Å². The third kappa shape index (κ3) is 3.95. The Bertz CT molecular complexity index is 575. The molecule has 1 aliphatic carbocycles. The van der Waals surface area contributed by atoms with Gasteiger partial charge in [-0.15, -0.1) is 0 Å². The fourth-order valence-electron chi connectivity index (χ4n) is 2.01. The van der Waals surface area contributed by atoms with E-state index in [1.54, 1.807) is 18.2 Å². The highest BCUT2D eigenvalue weighted by molar-refractivity contribution is 7.89. The molecule has 1 saturated carbocycles. The first-order valence-corrected chi connectivity index (χ1v) is 8.81. The maximum absolute atomic E-state index is 12.2. The van der Waals surface area contributed by atoms with Crippen LogP contribution in [0, 0.1) is 5.92 Å². The van der Waals surface area contributed by atoms with Crippen molar-refractivity contribution in [1.82, 2.24) is 10.0 Å². The van der Waals surface area contributed by atoms with Crippen LogP contribution in [0.5, 0.6) is 0 Å². The Balaban J connectivity index is 2.13. The highest BCUT2D eigenvalue weighted by Crippen LogP contribution is 2.31. The van der Waals surface area contributed by atoms with Gasteiger partial charge >= 0.3 is 0 Å². The second kappa shape index (κ2) is 6.43. The summed E-state index contributed by atoms with van der Waals surface area (Å²) in [4.78, 5) is 0.286. The maximum atomic E-state index is 12.2. The molecule has 1 fully saturated rings. The summed E-state index contributed by atoms with van der Waals surface area (Å²) in [7, 11) is -3.44. The van der Waals surface area contributed by atoms with Crippen molar-refractivity contribution in [2.24, 2.45) is 5.92 Å². The van der Waals surface area contributed by atoms with Crippen molar-refractivity contribution in [3.63, 3.8) is 0 Å². The lowest BCUT2D eigenvalue weighted by atomic mass is 10.2. The van der Waals surface area contributed by atoms with Gasteiger partial charge in [0.1, 0.15) is 0 Å². The maximum Gasteiger partial charge on any atom is 0.240 e. The van der Waals surface area contributed by atoms with Crippen molar-refractivity contribution in [3.05, 3.63) is 28.8 Å². The fraction of sp³-hybridized carbons (Fsp3) is 0.571. The second-order valence-electron chi connectivity index (χ2n) is 5.37. The van der Waals surface area contributed by atoms with E-state index in [0.717, 1.165) is 24.9 Å². The molecule has 0 spiro atoms. The molecule has 2 N–H and O–H groups in total. The summed E-state index contributed by atoms with van der Waals surface area (Å²) in [5, 5.41) is 3.82. The van der Waals surface area contributed by atoms with E-state index in [1.807, 2.05) is 6.92 Å². The van der Waals surface area contributed by atoms with Crippen LogP contribution in [0.15, 0.2) is 23.1 Å². The third-order valence-electron chi connectivity index (χ3n) is 3.49. The molecule has 2 unspecified atom stereocenters. The Kier molecular flexibility index (Phi) is 5.07. The number of benzene rings is 1. The summed E-state index contributed by atoms with van der Waals surface area (Å²) in [6, 6.07) is 4.94. The van der Waals surface area contributed by atoms with Gasteiger partial charge in [0.25, 0.3) is 0 Å². The van der Waals surface area contributed by atoms with Crippen LogP contribution in [0.25, 0.3) is 0 Å². The number of hydrogen-bond donors (Lipinski definition) is 2. The monoisotopic (exact) mass is 316 g/mol. The fourth-order valence-corrected chi connectivity index (χ4v) is 3.60. The van der Waals surface area contributed by atoms with Gasteiger partial charge in [-0.2, -0.15) is 0 Å². The van der Waals surface area contributed by atoms with Gasteiger partial charge in [0.15, 0.2) is 0 Å². The van der Waals surface area contributed by atoms with Gasteiger partial charge in [0.05, 0.1) is 4.90 Å². The van der Waals surface area contributed by atoms with E-state index >= 15 is 0 Å². The van der Waals surface area contributed by atoms with Crippen LogP contribution >= 0.6 is 11.6 Å². The van der Waals surface area contributed by atoms with Gasteiger partial charge in [-0.05, 0) is 49.1 Å². The van der Waals surface area contributed by atoms with E-state index in [-0.39, 0.29) is 10.9 Å². The first kappa shape index (κ1) is 15.8. The van der Waals surface area contributed by atoms with Crippen LogP contribution in [0.1, 0.15) is 32.3 Å². The van der Waals surface area contributed by atoms with Crippen molar-refractivity contribution in [2.75, 3.05) is 6.54 Å². The summed E-state index contributed by atoms with van der Waals surface area (Å²) < 4.78 is 27.2. The average molecular weight is 317 g/mol. The smallest absolute Gasteiger partial charge is 0.240 e. The summed E-state index contributed by atoms with van der Waals surface area (Å²) in [5.74, 6) is 0.433. The van der Waals surface area contributed by atoms with Crippen molar-refractivity contribution in [2.45, 2.75) is 44.2 Å². The number of hydrogen-bond acceptors (Lipinski definition) is 3. The summed E-state index contributed by atoms with van der Waals surface area (Å²) in [6.07, 6.45) is 1.94. The first-order valence-electron chi connectivity index (χ1n) is 6.95. The molecule has 0 heterocycles. The number of nitrogens with one attached hydrogen (secondary N) is 2. The first-order chi connectivity index (χ1) is 9.44. The van der Waals surface area contributed by atoms with Gasteiger partial charge in [-0.3, -0.25) is 0 Å². The highest BCUT2D eigenvalue weighted by atomic mass is 35.5. The predicted molar refractivity (Wildman–Crippen MR) is 81.3 cm³/mol. The Labute approximate surface area is 126 Å². The van der Waals surface area contributed by atoms with Crippen molar-refractivity contribution in [1.29, 1.82) is 0 Å². The van der Waals surface area contributed by atoms with E-state index in [9.17, 15) is 8.42 Å². The number of halogens is 1. The molecule has 4 nitrogen and oxygen atoms in total. The molecule has 20 heavy (non-hydrogen) atoms. The molecule has 112 valence electrons. The SMILES string of the molecule is CCCNCc1cc(S(=O)(=O)NC2CC2C)ccc1Cl. The average Bonchev–Trinajstić information content (AvgIpc) is 3.06. The molecule has 0 aliphatic heterocycles. The molecule has 2 rings (SSSR count). The van der Waals surface area contributed by atoms with E-state index < -0.39 is 10.0 Å². The van der Waals surface area contributed by atoms with E-state index in [2.05, 4.69) is 17.0 Å². The molecule has 0 aromatic heterocycles. The Morgan fingerprint density at radius 1 is 1.40 bits per heavy atom. The number of rotatable bonds is 7. The second-order valence-corrected chi connectivity index (χ2v) is 7.49. The number of sulfonamides is 1. The Morgan fingerprint density at radius 3 is 2.70 bits per heavy atom. The summed E-state index contributed by atoms with van der Waals surface area (Å²) in [5.41, 5.74) is 0.812. The minimum Gasteiger partial charge on any atom is -0.313 e. The van der Waals surface area contributed by atoms with Gasteiger partial charge in [-0.1, -0.05) is 25.4 Å². The zero-order chi connectivity index (χ0) is 14.8. The molecular formula is C14H21ClN2O2S. The lowest BCUT2D eigenvalue weighted by Gasteiger charge is -2.10. The third-order valence-corrected chi connectivity index (χ3v) is 5.34. The predicted octanol–water partition coefficient (Wildman–Crippen LogP) is 2.53. The molecule has 0 amide bonds. The van der Waals surface area contributed by atoms with Crippen molar-refractivity contribution < 1.29 is 8.42 Å². The molecular weight excluding hydrogens is 296 g/mol. The van der Waals surface area contributed by atoms with Crippen molar-refractivity contribution in [3.8, 4) is 0 Å². The lowest BCUT2D eigenvalue weighted by Crippen LogP contribution is -2.27. The topological polar surface area (TPSA) is 58.2 Å². The Morgan fingerprint density at radius 2 is 2.10 bits per heavy atom. The minimum atomic E-state index is -3.44. The standard InChI is InChI=1S/C14H21ClN2O2S/c1-3-6-16-9-11-8-12(4-5-13(11)15)20(18,19)17-14-7-10(14)2/h4-5,8,10,14,16-17H,3,6-7,9H2,1-2H3.